The molecule has 1 aromatic heterocycles. The first-order valence-electron chi connectivity index (χ1n) is 6.59. The van der Waals surface area contributed by atoms with Gasteiger partial charge in [0.1, 0.15) is 0 Å². The quantitative estimate of drug-likeness (QED) is 0.768. The van der Waals surface area contributed by atoms with E-state index < -0.39 is 0 Å². The summed E-state index contributed by atoms with van der Waals surface area (Å²) in [5.74, 6) is 0.973. The molecule has 0 amide bonds. The van der Waals surface area contributed by atoms with Crippen molar-refractivity contribution in [2.24, 2.45) is 5.92 Å². The van der Waals surface area contributed by atoms with Crippen LogP contribution in [0, 0.1) is 5.92 Å². The van der Waals surface area contributed by atoms with Crippen LogP contribution in [0.4, 0.5) is 0 Å². The van der Waals surface area contributed by atoms with Crippen molar-refractivity contribution in [3.8, 4) is 0 Å². The Bertz CT molecular complexity index is 281. The van der Waals surface area contributed by atoms with E-state index in [9.17, 15) is 0 Å². The summed E-state index contributed by atoms with van der Waals surface area (Å²) in [6.07, 6.45) is 12.1. The lowest BCUT2D eigenvalue weighted by molar-refractivity contribution is 0.425. The highest BCUT2D eigenvalue weighted by molar-refractivity contribution is 5.01. The normalized spacial score (nSPS) is 26.6. The fourth-order valence-corrected chi connectivity index (χ4v) is 2.63. The van der Waals surface area contributed by atoms with Gasteiger partial charge in [0.05, 0.1) is 6.20 Å². The Balaban J connectivity index is 1.73. The maximum absolute atomic E-state index is 3.96. The van der Waals surface area contributed by atoms with Gasteiger partial charge in [-0.1, -0.05) is 26.2 Å². The summed E-state index contributed by atoms with van der Waals surface area (Å²) >= 11 is 0. The molecule has 1 aliphatic carbocycles. The summed E-state index contributed by atoms with van der Waals surface area (Å²) in [7, 11) is 0. The SMILES string of the molecule is CCC1CCCC(NCc2cn[nH]c2)CC1. The first-order chi connectivity index (χ1) is 7.88. The molecular weight excluding hydrogens is 198 g/mol. The van der Waals surface area contributed by atoms with Gasteiger partial charge in [-0.2, -0.15) is 5.10 Å². The molecule has 2 unspecified atom stereocenters. The van der Waals surface area contributed by atoms with Crippen molar-refractivity contribution in [2.75, 3.05) is 0 Å². The predicted octanol–water partition coefficient (Wildman–Crippen LogP) is 2.86. The highest BCUT2D eigenvalue weighted by atomic mass is 15.1. The topological polar surface area (TPSA) is 40.7 Å². The van der Waals surface area contributed by atoms with E-state index in [1.54, 1.807) is 0 Å². The molecule has 90 valence electrons. The van der Waals surface area contributed by atoms with Crippen LogP contribution in [0.5, 0.6) is 0 Å². The second-order valence-corrected chi connectivity index (χ2v) is 4.97. The second-order valence-electron chi connectivity index (χ2n) is 4.97. The lowest BCUT2D eigenvalue weighted by Crippen LogP contribution is -2.27. The zero-order chi connectivity index (χ0) is 11.2. The number of nitrogens with zero attached hydrogens (tertiary/aromatic N) is 1. The molecule has 3 nitrogen and oxygen atoms in total. The Morgan fingerprint density at radius 1 is 1.38 bits per heavy atom. The maximum Gasteiger partial charge on any atom is 0.0532 e. The minimum atomic E-state index is 0.714. The summed E-state index contributed by atoms with van der Waals surface area (Å²) in [5, 5.41) is 10.5. The van der Waals surface area contributed by atoms with Gasteiger partial charge in [0.25, 0.3) is 0 Å². The van der Waals surface area contributed by atoms with Crippen molar-refractivity contribution in [1.29, 1.82) is 0 Å². The molecule has 0 aromatic carbocycles. The van der Waals surface area contributed by atoms with E-state index in [1.165, 1.54) is 44.1 Å². The fraction of sp³-hybridized carbons (Fsp3) is 0.769. The van der Waals surface area contributed by atoms with E-state index in [-0.39, 0.29) is 0 Å². The predicted molar refractivity (Wildman–Crippen MR) is 66.1 cm³/mol. The van der Waals surface area contributed by atoms with Gasteiger partial charge >= 0.3 is 0 Å². The van der Waals surface area contributed by atoms with Gasteiger partial charge in [0, 0.05) is 24.3 Å². The number of hydrogen-bond acceptors (Lipinski definition) is 2. The average Bonchev–Trinajstić information content (AvgIpc) is 2.72. The van der Waals surface area contributed by atoms with Gasteiger partial charge in [-0.25, -0.2) is 0 Å². The van der Waals surface area contributed by atoms with E-state index in [0.717, 1.165) is 12.5 Å². The third kappa shape index (κ3) is 3.34. The third-order valence-corrected chi connectivity index (χ3v) is 3.82. The standard InChI is InChI=1S/C13H23N3/c1-2-11-4-3-5-13(7-6-11)14-8-12-9-15-16-10-12/h9-11,13-14H,2-8H2,1H3,(H,15,16). The molecule has 0 saturated heterocycles. The van der Waals surface area contributed by atoms with Crippen LogP contribution in [0.25, 0.3) is 0 Å². The van der Waals surface area contributed by atoms with E-state index in [1.807, 2.05) is 12.4 Å². The molecule has 0 bridgehead atoms. The van der Waals surface area contributed by atoms with Crippen LogP contribution in [0.3, 0.4) is 0 Å². The van der Waals surface area contributed by atoms with E-state index >= 15 is 0 Å². The van der Waals surface area contributed by atoms with Crippen LogP contribution in [0.15, 0.2) is 12.4 Å². The van der Waals surface area contributed by atoms with Gasteiger partial charge in [-0.05, 0) is 25.2 Å². The summed E-state index contributed by atoms with van der Waals surface area (Å²) in [6, 6.07) is 0.714. The van der Waals surface area contributed by atoms with Gasteiger partial charge < -0.3 is 5.32 Å². The van der Waals surface area contributed by atoms with E-state index in [4.69, 9.17) is 0 Å². The Morgan fingerprint density at radius 3 is 3.06 bits per heavy atom. The first kappa shape index (κ1) is 11.6. The molecule has 1 heterocycles. The van der Waals surface area contributed by atoms with Crippen molar-refractivity contribution < 1.29 is 0 Å². The first-order valence-corrected chi connectivity index (χ1v) is 6.59. The minimum absolute atomic E-state index is 0.714. The van der Waals surface area contributed by atoms with Crippen LogP contribution in [0.2, 0.25) is 0 Å². The second kappa shape index (κ2) is 6.04. The lowest BCUT2D eigenvalue weighted by Gasteiger charge is -2.15. The fourth-order valence-electron chi connectivity index (χ4n) is 2.63. The summed E-state index contributed by atoms with van der Waals surface area (Å²) in [5.41, 5.74) is 1.26. The number of hydrogen-bond donors (Lipinski definition) is 2. The summed E-state index contributed by atoms with van der Waals surface area (Å²) < 4.78 is 0. The van der Waals surface area contributed by atoms with Crippen molar-refractivity contribution in [3.05, 3.63) is 18.0 Å². The summed E-state index contributed by atoms with van der Waals surface area (Å²) in [6.45, 7) is 3.28. The van der Waals surface area contributed by atoms with Crippen LogP contribution in [-0.2, 0) is 6.54 Å². The van der Waals surface area contributed by atoms with Gasteiger partial charge in [-0.3, -0.25) is 5.10 Å². The molecule has 1 saturated carbocycles. The van der Waals surface area contributed by atoms with Crippen molar-refractivity contribution in [2.45, 2.75) is 58.0 Å². The maximum atomic E-state index is 3.96. The Labute approximate surface area is 98.0 Å². The molecule has 1 fully saturated rings. The monoisotopic (exact) mass is 221 g/mol. The third-order valence-electron chi connectivity index (χ3n) is 3.82. The minimum Gasteiger partial charge on any atom is -0.310 e. The molecule has 2 rings (SSSR count). The van der Waals surface area contributed by atoms with Crippen molar-refractivity contribution in [1.82, 2.24) is 15.5 Å². The number of aromatic nitrogens is 2. The zero-order valence-electron chi connectivity index (χ0n) is 10.2. The number of rotatable bonds is 4. The van der Waals surface area contributed by atoms with Crippen molar-refractivity contribution >= 4 is 0 Å². The zero-order valence-corrected chi connectivity index (χ0v) is 10.2. The van der Waals surface area contributed by atoms with Crippen molar-refractivity contribution in [3.63, 3.8) is 0 Å². The summed E-state index contributed by atoms with van der Waals surface area (Å²) in [4.78, 5) is 0. The molecule has 1 aliphatic rings. The van der Waals surface area contributed by atoms with Crippen LogP contribution in [0.1, 0.15) is 51.0 Å². The molecule has 2 N–H and O–H groups in total. The molecule has 2 atom stereocenters. The average molecular weight is 221 g/mol. The number of H-pyrrole nitrogens is 1. The molecule has 0 radical (unpaired) electrons. The Hall–Kier alpha value is -0.830. The van der Waals surface area contributed by atoms with Crippen LogP contribution in [-0.4, -0.2) is 16.2 Å². The van der Waals surface area contributed by atoms with Gasteiger partial charge in [0.2, 0.25) is 0 Å². The molecule has 0 spiro atoms. The molecule has 1 aromatic rings. The van der Waals surface area contributed by atoms with Crippen LogP contribution < -0.4 is 5.32 Å². The molecular formula is C13H23N3. The van der Waals surface area contributed by atoms with Crippen LogP contribution >= 0.6 is 0 Å². The Morgan fingerprint density at radius 2 is 2.31 bits per heavy atom. The smallest absolute Gasteiger partial charge is 0.0532 e. The largest absolute Gasteiger partial charge is 0.310 e. The highest BCUT2D eigenvalue weighted by Gasteiger charge is 2.17. The molecule has 3 heteroatoms. The molecule has 16 heavy (non-hydrogen) atoms. The van der Waals surface area contributed by atoms with Gasteiger partial charge in [-0.15, -0.1) is 0 Å². The number of nitrogens with one attached hydrogen (secondary N) is 2. The van der Waals surface area contributed by atoms with Gasteiger partial charge in [0.15, 0.2) is 0 Å². The number of aromatic amines is 1. The molecule has 0 aliphatic heterocycles. The van der Waals surface area contributed by atoms with E-state index in [2.05, 4.69) is 22.4 Å². The van der Waals surface area contributed by atoms with E-state index in [0.29, 0.717) is 6.04 Å². The lowest BCUT2D eigenvalue weighted by atomic mass is 9.98. The highest BCUT2D eigenvalue weighted by Crippen LogP contribution is 2.25. The Kier molecular flexibility index (Phi) is 4.40.